The first kappa shape index (κ1) is 17.3. The van der Waals surface area contributed by atoms with E-state index in [0.29, 0.717) is 31.3 Å². The highest BCUT2D eigenvalue weighted by Crippen LogP contribution is 2.12. The maximum atomic E-state index is 10.6. The highest BCUT2D eigenvalue weighted by atomic mass is 16.5. The quantitative estimate of drug-likeness (QED) is 0.537. The largest absolute Gasteiger partial charge is 0.491 e. The number of hydrogen-bond donors (Lipinski definition) is 4. The van der Waals surface area contributed by atoms with Gasteiger partial charge in [0, 0.05) is 19.1 Å². The summed E-state index contributed by atoms with van der Waals surface area (Å²) in [5.41, 5.74) is 6.07. The van der Waals surface area contributed by atoms with Gasteiger partial charge >= 0.3 is 6.03 Å². The lowest BCUT2D eigenvalue weighted by molar-refractivity contribution is 0.104. The molecule has 0 aromatic heterocycles. The van der Waals surface area contributed by atoms with Crippen LogP contribution in [0.4, 0.5) is 4.79 Å². The third-order valence-corrected chi connectivity index (χ3v) is 2.84. The molecule has 1 aromatic carbocycles. The SMILES string of the molecule is CC(C)NC[C@@H](O)COc1ccc(CCNC(N)=O)cc1. The molecule has 6 nitrogen and oxygen atoms in total. The van der Waals surface area contributed by atoms with Gasteiger partial charge in [-0.25, -0.2) is 4.79 Å². The fourth-order valence-electron chi connectivity index (χ4n) is 1.71. The lowest BCUT2D eigenvalue weighted by atomic mass is 10.1. The van der Waals surface area contributed by atoms with Crippen LogP contribution in [0.3, 0.4) is 0 Å². The van der Waals surface area contributed by atoms with Gasteiger partial charge in [-0.15, -0.1) is 0 Å². The summed E-state index contributed by atoms with van der Waals surface area (Å²) in [6.45, 7) is 5.32. The Morgan fingerprint density at radius 3 is 2.57 bits per heavy atom. The molecular weight excluding hydrogens is 270 g/mol. The number of carbonyl (C=O) groups is 1. The van der Waals surface area contributed by atoms with Crippen molar-refractivity contribution in [1.29, 1.82) is 0 Å². The average molecular weight is 295 g/mol. The first-order valence-electron chi connectivity index (χ1n) is 7.14. The average Bonchev–Trinajstić information content (AvgIpc) is 2.44. The third-order valence-electron chi connectivity index (χ3n) is 2.84. The van der Waals surface area contributed by atoms with Crippen molar-refractivity contribution in [3.63, 3.8) is 0 Å². The maximum Gasteiger partial charge on any atom is 0.312 e. The molecule has 2 amide bonds. The van der Waals surface area contributed by atoms with Crippen LogP contribution in [0, 0.1) is 0 Å². The van der Waals surface area contributed by atoms with Crippen LogP contribution in [0.15, 0.2) is 24.3 Å². The van der Waals surface area contributed by atoms with Crippen LogP contribution in [0.5, 0.6) is 5.75 Å². The number of amides is 2. The lowest BCUT2D eigenvalue weighted by Gasteiger charge is -2.15. The highest BCUT2D eigenvalue weighted by molar-refractivity contribution is 5.71. The highest BCUT2D eigenvalue weighted by Gasteiger charge is 2.06. The zero-order valence-electron chi connectivity index (χ0n) is 12.6. The molecule has 118 valence electrons. The monoisotopic (exact) mass is 295 g/mol. The molecule has 0 aliphatic carbocycles. The summed E-state index contributed by atoms with van der Waals surface area (Å²) in [7, 11) is 0. The molecule has 0 radical (unpaired) electrons. The smallest absolute Gasteiger partial charge is 0.312 e. The molecule has 1 rings (SSSR count). The lowest BCUT2D eigenvalue weighted by Crippen LogP contribution is -2.35. The van der Waals surface area contributed by atoms with E-state index in [4.69, 9.17) is 10.5 Å². The molecule has 0 spiro atoms. The zero-order valence-corrected chi connectivity index (χ0v) is 12.6. The van der Waals surface area contributed by atoms with E-state index in [1.807, 2.05) is 38.1 Å². The van der Waals surface area contributed by atoms with Crippen molar-refractivity contribution in [3.05, 3.63) is 29.8 Å². The second-order valence-corrected chi connectivity index (χ2v) is 5.21. The predicted molar refractivity (Wildman–Crippen MR) is 82.4 cm³/mol. The third kappa shape index (κ3) is 8.16. The molecule has 0 fully saturated rings. The van der Waals surface area contributed by atoms with Crippen LogP contribution in [-0.4, -0.2) is 43.0 Å². The number of primary amides is 1. The van der Waals surface area contributed by atoms with E-state index in [2.05, 4.69) is 10.6 Å². The topological polar surface area (TPSA) is 96.6 Å². The molecule has 5 N–H and O–H groups in total. The predicted octanol–water partition coefficient (Wildman–Crippen LogP) is 0.635. The molecule has 0 saturated heterocycles. The molecule has 0 unspecified atom stereocenters. The number of nitrogens with one attached hydrogen (secondary N) is 2. The van der Waals surface area contributed by atoms with Crippen LogP contribution in [-0.2, 0) is 6.42 Å². The normalized spacial score (nSPS) is 12.2. The Hall–Kier alpha value is -1.79. The van der Waals surface area contributed by atoms with Gasteiger partial charge in [0.15, 0.2) is 0 Å². The number of carbonyl (C=O) groups excluding carboxylic acids is 1. The molecule has 0 aliphatic rings. The van der Waals surface area contributed by atoms with E-state index in [1.54, 1.807) is 0 Å². The van der Waals surface area contributed by atoms with Gasteiger partial charge in [0.1, 0.15) is 18.5 Å². The van der Waals surface area contributed by atoms with Crippen molar-refractivity contribution in [2.75, 3.05) is 19.7 Å². The summed E-state index contributed by atoms with van der Waals surface area (Å²) in [6.07, 6.45) is 0.177. The summed E-state index contributed by atoms with van der Waals surface area (Å²) in [6, 6.07) is 7.38. The molecule has 1 aromatic rings. The van der Waals surface area contributed by atoms with E-state index in [-0.39, 0.29) is 6.61 Å². The molecule has 0 heterocycles. The van der Waals surface area contributed by atoms with Crippen molar-refractivity contribution >= 4 is 6.03 Å². The Kier molecular flexibility index (Phi) is 7.56. The molecule has 1 atom stereocenters. The number of aliphatic hydroxyl groups excluding tert-OH is 1. The molecule has 6 heteroatoms. The van der Waals surface area contributed by atoms with Gasteiger partial charge in [-0.05, 0) is 24.1 Å². The van der Waals surface area contributed by atoms with Gasteiger partial charge in [-0.3, -0.25) is 0 Å². The molecule has 0 bridgehead atoms. The Labute approximate surface area is 125 Å². The Balaban J connectivity index is 2.28. The fraction of sp³-hybridized carbons (Fsp3) is 0.533. The number of ether oxygens (including phenoxy) is 1. The number of hydrogen-bond acceptors (Lipinski definition) is 4. The van der Waals surface area contributed by atoms with Gasteiger partial charge in [-0.2, -0.15) is 0 Å². The van der Waals surface area contributed by atoms with Gasteiger partial charge < -0.3 is 26.2 Å². The maximum absolute atomic E-state index is 10.6. The van der Waals surface area contributed by atoms with Gasteiger partial charge in [-0.1, -0.05) is 26.0 Å². The molecule has 0 saturated carbocycles. The van der Waals surface area contributed by atoms with Gasteiger partial charge in [0.2, 0.25) is 0 Å². The molecule has 21 heavy (non-hydrogen) atoms. The number of urea groups is 1. The second-order valence-electron chi connectivity index (χ2n) is 5.21. The van der Waals surface area contributed by atoms with Crippen molar-refractivity contribution in [1.82, 2.24) is 10.6 Å². The Morgan fingerprint density at radius 1 is 1.33 bits per heavy atom. The summed E-state index contributed by atoms with van der Waals surface area (Å²) >= 11 is 0. The Bertz CT molecular complexity index is 421. The van der Waals surface area contributed by atoms with Crippen LogP contribution in [0.2, 0.25) is 0 Å². The minimum absolute atomic E-state index is 0.252. The van der Waals surface area contributed by atoms with E-state index in [9.17, 15) is 9.90 Å². The van der Waals surface area contributed by atoms with E-state index in [0.717, 1.165) is 5.56 Å². The number of nitrogens with two attached hydrogens (primary N) is 1. The summed E-state index contributed by atoms with van der Waals surface area (Å²) in [5, 5.41) is 15.4. The number of aliphatic hydroxyl groups is 1. The van der Waals surface area contributed by atoms with Gasteiger partial charge in [0.25, 0.3) is 0 Å². The minimum Gasteiger partial charge on any atom is -0.491 e. The Morgan fingerprint density at radius 2 is 2.00 bits per heavy atom. The van der Waals surface area contributed by atoms with Crippen LogP contribution in [0.25, 0.3) is 0 Å². The first-order valence-corrected chi connectivity index (χ1v) is 7.14. The molecule has 0 aliphatic heterocycles. The summed E-state index contributed by atoms with van der Waals surface area (Å²) in [4.78, 5) is 10.6. The summed E-state index contributed by atoms with van der Waals surface area (Å²) < 4.78 is 5.52. The minimum atomic E-state index is -0.535. The van der Waals surface area contributed by atoms with Crippen molar-refractivity contribution in [3.8, 4) is 5.75 Å². The first-order chi connectivity index (χ1) is 9.97. The van der Waals surface area contributed by atoms with Crippen molar-refractivity contribution < 1.29 is 14.6 Å². The number of rotatable bonds is 9. The van der Waals surface area contributed by atoms with Crippen molar-refractivity contribution in [2.45, 2.75) is 32.4 Å². The molecular formula is C15H25N3O3. The zero-order chi connectivity index (χ0) is 15.7. The number of benzene rings is 1. The summed E-state index contributed by atoms with van der Waals surface area (Å²) in [5.74, 6) is 0.713. The second kappa shape index (κ2) is 9.20. The fourth-order valence-corrected chi connectivity index (χ4v) is 1.71. The van der Waals surface area contributed by atoms with E-state index < -0.39 is 12.1 Å². The standard InChI is InChI=1S/C15H25N3O3/c1-11(2)18-9-13(19)10-21-14-5-3-12(4-6-14)7-8-17-15(16)20/h3-6,11,13,18-19H,7-10H2,1-2H3,(H3,16,17,20)/t13-/m1/s1. The van der Waals surface area contributed by atoms with Crippen LogP contribution in [0.1, 0.15) is 19.4 Å². The van der Waals surface area contributed by atoms with E-state index >= 15 is 0 Å². The van der Waals surface area contributed by atoms with E-state index in [1.165, 1.54) is 0 Å². The van der Waals surface area contributed by atoms with Crippen molar-refractivity contribution in [2.24, 2.45) is 5.73 Å². The van der Waals surface area contributed by atoms with Gasteiger partial charge in [0.05, 0.1) is 0 Å². The van der Waals surface area contributed by atoms with Crippen LogP contribution < -0.4 is 21.1 Å². The van der Waals surface area contributed by atoms with Crippen LogP contribution >= 0.6 is 0 Å².